The molecular formula is C26H35Cl2N3O5S. The first kappa shape index (κ1) is 30.7. The summed E-state index contributed by atoms with van der Waals surface area (Å²) in [4.78, 5) is 27.6. The Morgan fingerprint density at radius 3 is 2.41 bits per heavy atom. The zero-order chi connectivity index (χ0) is 27.6. The van der Waals surface area contributed by atoms with E-state index in [1.165, 1.54) is 16.3 Å². The van der Waals surface area contributed by atoms with Gasteiger partial charge in [0.2, 0.25) is 21.8 Å². The lowest BCUT2D eigenvalue weighted by Gasteiger charge is -2.29. The number of halogens is 2. The van der Waals surface area contributed by atoms with Gasteiger partial charge in [-0.15, -0.1) is 0 Å². The Bertz CT molecular complexity index is 1180. The number of carbonyl (C=O) groups excluding carboxylic acids is 2. The molecule has 2 aromatic carbocycles. The van der Waals surface area contributed by atoms with E-state index in [1.54, 1.807) is 49.4 Å². The fourth-order valence-corrected chi connectivity index (χ4v) is 5.06. The number of ether oxygens (including phenoxy) is 1. The molecule has 0 unspecified atom stereocenters. The zero-order valence-electron chi connectivity index (χ0n) is 21.7. The van der Waals surface area contributed by atoms with Gasteiger partial charge < -0.3 is 15.0 Å². The van der Waals surface area contributed by atoms with Crippen LogP contribution in [0.4, 0.5) is 5.69 Å². The van der Waals surface area contributed by atoms with Crippen molar-refractivity contribution in [3.8, 4) is 5.75 Å². The minimum absolute atomic E-state index is 0.0368. The van der Waals surface area contributed by atoms with Crippen LogP contribution >= 0.6 is 23.2 Å². The predicted molar refractivity (Wildman–Crippen MR) is 149 cm³/mol. The lowest BCUT2D eigenvalue weighted by atomic mass is 10.1. The van der Waals surface area contributed by atoms with Gasteiger partial charge in [-0.25, -0.2) is 8.42 Å². The first-order valence-electron chi connectivity index (χ1n) is 12.1. The minimum atomic E-state index is -3.63. The van der Waals surface area contributed by atoms with Crippen LogP contribution in [-0.4, -0.2) is 57.6 Å². The Morgan fingerprint density at radius 2 is 1.78 bits per heavy atom. The molecule has 0 aromatic heterocycles. The van der Waals surface area contributed by atoms with Crippen LogP contribution in [0.25, 0.3) is 0 Å². The monoisotopic (exact) mass is 571 g/mol. The van der Waals surface area contributed by atoms with Crippen LogP contribution in [0.15, 0.2) is 42.5 Å². The zero-order valence-corrected chi connectivity index (χ0v) is 24.0. The molecule has 0 saturated carbocycles. The van der Waals surface area contributed by atoms with Crippen LogP contribution in [0.3, 0.4) is 0 Å². The van der Waals surface area contributed by atoms with Crippen LogP contribution in [-0.2, 0) is 26.2 Å². The number of methoxy groups -OCH3 is 1. The number of amides is 2. The number of unbranched alkanes of at least 4 members (excludes halogenated alkanes) is 1. The van der Waals surface area contributed by atoms with E-state index in [2.05, 4.69) is 5.32 Å². The molecule has 0 saturated heterocycles. The molecule has 0 aliphatic rings. The van der Waals surface area contributed by atoms with Gasteiger partial charge in [0.25, 0.3) is 0 Å². The quantitative estimate of drug-likeness (QED) is 0.326. The molecule has 0 radical (unpaired) electrons. The third-order valence-electron chi connectivity index (χ3n) is 5.84. The van der Waals surface area contributed by atoms with E-state index in [-0.39, 0.29) is 37.7 Å². The molecule has 2 aromatic rings. The first-order chi connectivity index (χ1) is 17.5. The number of benzene rings is 2. The lowest BCUT2D eigenvalue weighted by Crippen LogP contribution is -2.48. The maximum absolute atomic E-state index is 13.4. The highest BCUT2D eigenvalue weighted by molar-refractivity contribution is 7.92. The average Bonchev–Trinajstić information content (AvgIpc) is 2.86. The molecule has 2 rings (SSSR count). The number of rotatable bonds is 14. The summed E-state index contributed by atoms with van der Waals surface area (Å²) in [5.41, 5.74) is 1.12. The third kappa shape index (κ3) is 9.09. The standard InChI is InChI=1S/C26H35Cl2N3O5S/c1-5-6-15-29-26(33)19(2)30(18-20-13-14-21(27)22(28)17-20)25(32)12-9-16-31(37(4,34)35)23-10-7-8-11-24(23)36-3/h7-8,10-11,13-14,17,19H,5-6,9,12,15-16,18H2,1-4H3,(H,29,33)/t19-/m0/s1. The van der Waals surface area contributed by atoms with Crippen LogP contribution in [0.2, 0.25) is 10.0 Å². The summed E-state index contributed by atoms with van der Waals surface area (Å²) in [5, 5.41) is 3.62. The number of para-hydroxylation sites is 2. The summed E-state index contributed by atoms with van der Waals surface area (Å²) in [5.74, 6) is -0.121. The summed E-state index contributed by atoms with van der Waals surface area (Å²) in [6.45, 7) is 4.45. The lowest BCUT2D eigenvalue weighted by molar-refractivity contribution is -0.140. The maximum Gasteiger partial charge on any atom is 0.242 e. The van der Waals surface area contributed by atoms with E-state index >= 15 is 0 Å². The van der Waals surface area contributed by atoms with Gasteiger partial charge >= 0.3 is 0 Å². The summed E-state index contributed by atoms with van der Waals surface area (Å²) < 4.78 is 31.6. The molecule has 1 atom stereocenters. The second-order valence-electron chi connectivity index (χ2n) is 8.70. The van der Waals surface area contributed by atoms with Gasteiger partial charge in [0.15, 0.2) is 0 Å². The number of nitrogens with one attached hydrogen (secondary N) is 1. The molecule has 8 nitrogen and oxygen atoms in total. The molecule has 204 valence electrons. The topological polar surface area (TPSA) is 96.0 Å². The number of hydrogen-bond donors (Lipinski definition) is 1. The van der Waals surface area contributed by atoms with E-state index in [0.29, 0.717) is 28.0 Å². The summed E-state index contributed by atoms with van der Waals surface area (Å²) in [6.07, 6.45) is 3.16. The molecule has 2 amide bonds. The molecule has 0 heterocycles. The highest BCUT2D eigenvalue weighted by Gasteiger charge is 2.27. The highest BCUT2D eigenvalue weighted by Crippen LogP contribution is 2.30. The molecule has 0 fully saturated rings. The Morgan fingerprint density at radius 1 is 1.08 bits per heavy atom. The van der Waals surface area contributed by atoms with E-state index < -0.39 is 16.1 Å². The number of hydrogen-bond acceptors (Lipinski definition) is 5. The van der Waals surface area contributed by atoms with Crippen molar-refractivity contribution in [3.05, 3.63) is 58.1 Å². The summed E-state index contributed by atoms with van der Waals surface area (Å²) in [6, 6.07) is 11.1. The van der Waals surface area contributed by atoms with Crippen LogP contribution in [0.5, 0.6) is 5.75 Å². The molecule has 0 bridgehead atoms. The fourth-order valence-electron chi connectivity index (χ4n) is 3.77. The van der Waals surface area contributed by atoms with Crippen LogP contribution in [0.1, 0.15) is 45.1 Å². The highest BCUT2D eigenvalue weighted by atomic mass is 35.5. The normalized spacial score (nSPS) is 12.1. The van der Waals surface area contributed by atoms with Crippen molar-refractivity contribution in [1.29, 1.82) is 0 Å². The van der Waals surface area contributed by atoms with Crippen molar-refractivity contribution in [2.24, 2.45) is 0 Å². The summed E-state index contributed by atoms with van der Waals surface area (Å²) >= 11 is 12.2. The third-order valence-corrected chi connectivity index (χ3v) is 7.76. The number of carbonyl (C=O) groups is 2. The van der Waals surface area contributed by atoms with E-state index in [9.17, 15) is 18.0 Å². The fraction of sp³-hybridized carbons (Fsp3) is 0.462. The minimum Gasteiger partial charge on any atom is -0.495 e. The van der Waals surface area contributed by atoms with E-state index in [1.807, 2.05) is 6.92 Å². The molecular weight excluding hydrogens is 537 g/mol. The number of anilines is 1. The van der Waals surface area contributed by atoms with Gasteiger partial charge in [-0.05, 0) is 49.6 Å². The molecule has 37 heavy (non-hydrogen) atoms. The van der Waals surface area contributed by atoms with E-state index in [0.717, 1.165) is 24.7 Å². The SMILES string of the molecule is CCCCNC(=O)[C@H](C)N(Cc1ccc(Cl)c(Cl)c1)C(=O)CCCN(c1ccccc1OC)S(C)(=O)=O. The van der Waals surface area contributed by atoms with Crippen LogP contribution < -0.4 is 14.4 Å². The van der Waals surface area contributed by atoms with Gasteiger partial charge in [0, 0.05) is 26.1 Å². The Kier molecular flexibility index (Phi) is 12.0. The first-order valence-corrected chi connectivity index (χ1v) is 14.7. The van der Waals surface area contributed by atoms with E-state index in [4.69, 9.17) is 27.9 Å². The smallest absolute Gasteiger partial charge is 0.242 e. The molecule has 0 aliphatic carbocycles. The molecule has 1 N–H and O–H groups in total. The van der Waals surface area contributed by atoms with Crippen molar-refractivity contribution in [1.82, 2.24) is 10.2 Å². The van der Waals surface area contributed by atoms with Crippen molar-refractivity contribution < 1.29 is 22.7 Å². The van der Waals surface area contributed by atoms with Crippen LogP contribution in [0, 0.1) is 0 Å². The predicted octanol–water partition coefficient (Wildman–Crippen LogP) is 4.88. The summed E-state index contributed by atoms with van der Waals surface area (Å²) in [7, 11) is -2.16. The molecule has 0 spiro atoms. The maximum atomic E-state index is 13.4. The van der Waals surface area contributed by atoms with Gasteiger partial charge in [-0.2, -0.15) is 0 Å². The molecule has 11 heteroatoms. The van der Waals surface area contributed by atoms with Crippen molar-refractivity contribution in [2.45, 2.75) is 52.1 Å². The second kappa shape index (κ2) is 14.4. The van der Waals surface area contributed by atoms with Crippen molar-refractivity contribution >= 4 is 50.7 Å². The van der Waals surface area contributed by atoms with Crippen molar-refractivity contribution in [3.63, 3.8) is 0 Å². The second-order valence-corrected chi connectivity index (χ2v) is 11.4. The Balaban J connectivity index is 2.20. The number of sulfonamides is 1. The van der Waals surface area contributed by atoms with Gasteiger partial charge in [-0.3, -0.25) is 13.9 Å². The van der Waals surface area contributed by atoms with Gasteiger partial charge in [0.1, 0.15) is 11.8 Å². The Labute approximate surface area is 229 Å². The van der Waals surface area contributed by atoms with Gasteiger partial charge in [-0.1, -0.05) is 54.7 Å². The van der Waals surface area contributed by atoms with Crippen molar-refractivity contribution in [2.75, 3.05) is 30.8 Å². The largest absolute Gasteiger partial charge is 0.495 e. The molecule has 0 aliphatic heterocycles. The average molecular weight is 573 g/mol. The Hall–Kier alpha value is -2.49. The number of nitrogens with zero attached hydrogens (tertiary/aromatic N) is 2. The van der Waals surface area contributed by atoms with Gasteiger partial charge in [0.05, 0.1) is 29.1 Å².